The quantitative estimate of drug-likeness (QED) is 0.446. The summed E-state index contributed by atoms with van der Waals surface area (Å²) >= 11 is 0. The highest BCUT2D eigenvalue weighted by molar-refractivity contribution is 6.45. The molecule has 0 radical (unpaired) electrons. The molecule has 1 aromatic carbocycles. The Hall–Kier alpha value is -2.88. The molecule has 0 saturated heterocycles. The molecule has 7 heteroatoms. The van der Waals surface area contributed by atoms with Gasteiger partial charge in [0.15, 0.2) is 11.6 Å². The predicted molar refractivity (Wildman–Crippen MR) is 83.3 cm³/mol. The van der Waals surface area contributed by atoms with E-state index in [9.17, 15) is 4.79 Å². The number of anilines is 1. The summed E-state index contributed by atoms with van der Waals surface area (Å²) in [7, 11) is 0. The van der Waals surface area contributed by atoms with E-state index in [1.165, 1.54) is 0 Å². The molecule has 1 aliphatic rings. The molecule has 0 bridgehead atoms. The molecule has 0 spiro atoms. The number of rotatable bonds is 4. The van der Waals surface area contributed by atoms with Crippen LogP contribution in [0.2, 0.25) is 0 Å². The number of fused-ring (bicyclic) bond motifs is 1. The average molecular weight is 299 g/mol. The third-order valence-electron chi connectivity index (χ3n) is 3.58. The minimum absolute atomic E-state index is 0.00491. The number of ether oxygens (including phenoxy) is 1. The maximum Gasteiger partial charge on any atom is 0.201 e. The number of benzene rings is 1. The van der Waals surface area contributed by atoms with Crippen LogP contribution in [-0.2, 0) is 0 Å². The largest absolute Gasteiger partial charge is 0.486 e. The number of nitrogens with one attached hydrogen (secondary N) is 2. The summed E-state index contributed by atoms with van der Waals surface area (Å²) in [6.07, 6.45) is 1.06. The Morgan fingerprint density at radius 1 is 1.64 bits per heavy atom. The number of nitrogens with zero attached hydrogens (tertiary/aromatic N) is 2. The summed E-state index contributed by atoms with van der Waals surface area (Å²) < 4.78 is 5.89. The van der Waals surface area contributed by atoms with Gasteiger partial charge in [0, 0.05) is 0 Å². The number of amidine groups is 1. The standard InChI is InChI=1S/C15H17N5O2/c1-3-15(2)7-12(21)10-6-9(4-5-13(10)22-15)19-20-11(8-16)14(17)18/h4-6,19H,3,7H2,1-2H3,(H3,17,18)/b20-11+. The Balaban J connectivity index is 2.27. The number of hydrazone groups is 1. The fourth-order valence-corrected chi connectivity index (χ4v) is 2.11. The zero-order chi connectivity index (χ0) is 16.3. The van der Waals surface area contributed by atoms with E-state index >= 15 is 0 Å². The van der Waals surface area contributed by atoms with Crippen molar-refractivity contribution in [2.75, 3.05) is 5.43 Å². The van der Waals surface area contributed by atoms with Gasteiger partial charge in [-0.2, -0.15) is 10.4 Å². The molecule has 2 rings (SSSR count). The Kier molecular flexibility index (Phi) is 4.13. The summed E-state index contributed by atoms with van der Waals surface area (Å²) in [6.45, 7) is 3.89. The number of hydrogen-bond donors (Lipinski definition) is 3. The van der Waals surface area contributed by atoms with Gasteiger partial charge < -0.3 is 10.5 Å². The number of Topliss-reactive ketones (excluding diaryl/α,β-unsaturated/α-hetero) is 1. The van der Waals surface area contributed by atoms with Crippen molar-refractivity contribution in [3.63, 3.8) is 0 Å². The van der Waals surface area contributed by atoms with Gasteiger partial charge in [0.25, 0.3) is 0 Å². The minimum Gasteiger partial charge on any atom is -0.486 e. The number of nitrogens with two attached hydrogens (primary N) is 1. The van der Waals surface area contributed by atoms with Gasteiger partial charge in [-0.1, -0.05) is 6.92 Å². The zero-order valence-corrected chi connectivity index (χ0v) is 12.4. The highest BCUT2D eigenvalue weighted by Gasteiger charge is 2.35. The van der Waals surface area contributed by atoms with Crippen molar-refractivity contribution in [2.24, 2.45) is 10.8 Å². The summed E-state index contributed by atoms with van der Waals surface area (Å²) in [5, 5.41) is 19.7. The molecular formula is C15H17N5O2. The first-order valence-electron chi connectivity index (χ1n) is 6.83. The lowest BCUT2D eigenvalue weighted by Crippen LogP contribution is -2.38. The van der Waals surface area contributed by atoms with E-state index in [-0.39, 0.29) is 11.5 Å². The highest BCUT2D eigenvalue weighted by Crippen LogP contribution is 2.36. The molecule has 4 N–H and O–H groups in total. The van der Waals surface area contributed by atoms with Crippen LogP contribution in [0.15, 0.2) is 23.3 Å². The van der Waals surface area contributed by atoms with Crippen LogP contribution < -0.4 is 15.9 Å². The lowest BCUT2D eigenvalue weighted by Gasteiger charge is -2.34. The third-order valence-corrected chi connectivity index (χ3v) is 3.58. The SMILES string of the molecule is CCC1(C)CC(=O)c2cc(N/N=C(\C#N)C(=N)N)ccc2O1. The van der Waals surface area contributed by atoms with Gasteiger partial charge in [-0.05, 0) is 31.5 Å². The molecule has 1 unspecified atom stereocenters. The molecule has 114 valence electrons. The molecule has 1 aromatic rings. The van der Waals surface area contributed by atoms with E-state index in [0.29, 0.717) is 23.4 Å². The highest BCUT2D eigenvalue weighted by atomic mass is 16.5. The van der Waals surface area contributed by atoms with Crippen LogP contribution in [0.4, 0.5) is 5.69 Å². The first-order valence-corrected chi connectivity index (χ1v) is 6.83. The lowest BCUT2D eigenvalue weighted by atomic mass is 9.89. The molecule has 0 aromatic heterocycles. The normalized spacial score (nSPS) is 20.6. The summed E-state index contributed by atoms with van der Waals surface area (Å²) in [5.74, 6) is 0.124. The Bertz CT molecular complexity index is 704. The number of ketones is 1. The van der Waals surface area contributed by atoms with Crippen molar-refractivity contribution in [2.45, 2.75) is 32.3 Å². The fraction of sp³-hybridized carbons (Fsp3) is 0.333. The Labute approximate surface area is 128 Å². The number of nitriles is 1. The molecule has 1 atom stereocenters. The lowest BCUT2D eigenvalue weighted by molar-refractivity contribution is 0.0499. The van der Waals surface area contributed by atoms with Gasteiger partial charge in [-0.15, -0.1) is 0 Å². The van der Waals surface area contributed by atoms with Crippen molar-refractivity contribution in [1.29, 1.82) is 10.7 Å². The molecule has 0 amide bonds. The van der Waals surface area contributed by atoms with Crippen molar-refractivity contribution in [1.82, 2.24) is 0 Å². The van der Waals surface area contributed by atoms with Crippen LogP contribution in [0.25, 0.3) is 0 Å². The van der Waals surface area contributed by atoms with E-state index in [2.05, 4.69) is 10.5 Å². The Morgan fingerprint density at radius 3 is 2.95 bits per heavy atom. The maximum atomic E-state index is 12.3. The summed E-state index contributed by atoms with van der Waals surface area (Å²) in [5.41, 5.74) is 8.13. The van der Waals surface area contributed by atoms with Crippen LogP contribution >= 0.6 is 0 Å². The van der Waals surface area contributed by atoms with Crippen LogP contribution in [0, 0.1) is 16.7 Å². The van der Waals surface area contributed by atoms with Gasteiger partial charge in [0.05, 0.1) is 17.7 Å². The maximum absolute atomic E-state index is 12.3. The van der Waals surface area contributed by atoms with E-state index in [1.807, 2.05) is 13.8 Å². The first kappa shape index (κ1) is 15.5. The smallest absolute Gasteiger partial charge is 0.201 e. The number of carbonyl (C=O) groups is 1. The van der Waals surface area contributed by atoms with Crippen LogP contribution in [0.5, 0.6) is 5.75 Å². The minimum atomic E-state index is -0.472. The van der Waals surface area contributed by atoms with Crippen molar-refractivity contribution in [3.8, 4) is 11.8 Å². The van der Waals surface area contributed by atoms with Gasteiger partial charge in [0.1, 0.15) is 17.4 Å². The molecule has 22 heavy (non-hydrogen) atoms. The van der Waals surface area contributed by atoms with Crippen molar-refractivity contribution >= 4 is 23.0 Å². The number of hydrogen-bond acceptors (Lipinski definition) is 6. The van der Waals surface area contributed by atoms with Gasteiger partial charge in [-0.25, -0.2) is 0 Å². The molecule has 0 fully saturated rings. The van der Waals surface area contributed by atoms with E-state index < -0.39 is 11.4 Å². The topological polar surface area (TPSA) is 124 Å². The van der Waals surface area contributed by atoms with Gasteiger partial charge in [-0.3, -0.25) is 15.6 Å². The number of carbonyl (C=O) groups excluding carboxylic acids is 1. The van der Waals surface area contributed by atoms with Crippen molar-refractivity contribution < 1.29 is 9.53 Å². The molecule has 0 saturated carbocycles. The van der Waals surface area contributed by atoms with E-state index in [4.69, 9.17) is 21.1 Å². The molecule has 1 heterocycles. The first-order chi connectivity index (χ1) is 10.4. The molecule has 7 nitrogen and oxygen atoms in total. The summed E-state index contributed by atoms with van der Waals surface area (Å²) in [4.78, 5) is 12.3. The van der Waals surface area contributed by atoms with E-state index in [0.717, 1.165) is 6.42 Å². The second-order valence-electron chi connectivity index (χ2n) is 5.31. The second kappa shape index (κ2) is 5.85. The zero-order valence-electron chi connectivity index (χ0n) is 12.4. The Morgan fingerprint density at radius 2 is 2.36 bits per heavy atom. The third kappa shape index (κ3) is 3.06. The van der Waals surface area contributed by atoms with Crippen LogP contribution in [-0.4, -0.2) is 22.9 Å². The van der Waals surface area contributed by atoms with Gasteiger partial charge >= 0.3 is 0 Å². The van der Waals surface area contributed by atoms with Gasteiger partial charge in [0.2, 0.25) is 5.71 Å². The predicted octanol–water partition coefficient (Wildman–Crippen LogP) is 2.05. The summed E-state index contributed by atoms with van der Waals surface area (Å²) in [6, 6.07) is 6.70. The molecule has 0 aliphatic carbocycles. The van der Waals surface area contributed by atoms with Crippen LogP contribution in [0.3, 0.4) is 0 Å². The monoisotopic (exact) mass is 299 g/mol. The van der Waals surface area contributed by atoms with Crippen molar-refractivity contribution in [3.05, 3.63) is 23.8 Å². The molecule has 1 aliphatic heterocycles. The fourth-order valence-electron chi connectivity index (χ4n) is 2.11. The second-order valence-corrected chi connectivity index (χ2v) is 5.31. The molecular weight excluding hydrogens is 282 g/mol. The average Bonchev–Trinajstić information content (AvgIpc) is 2.48. The van der Waals surface area contributed by atoms with Crippen LogP contribution in [0.1, 0.15) is 37.0 Å². The van der Waals surface area contributed by atoms with E-state index in [1.54, 1.807) is 24.3 Å².